The number of fused-ring (bicyclic) bond motifs is 1. The maximum absolute atomic E-state index is 12.8. The van der Waals surface area contributed by atoms with Crippen molar-refractivity contribution >= 4 is 39.4 Å². The van der Waals surface area contributed by atoms with Crippen LogP contribution in [0.2, 0.25) is 5.02 Å². The van der Waals surface area contributed by atoms with Crippen molar-refractivity contribution in [3.63, 3.8) is 0 Å². The summed E-state index contributed by atoms with van der Waals surface area (Å²) in [6, 6.07) is 3.82. The minimum atomic E-state index is -1.07. The number of carboxylic acid groups (broad SMARTS) is 1. The molecule has 1 aliphatic heterocycles. The zero-order valence-electron chi connectivity index (χ0n) is 12.0. The van der Waals surface area contributed by atoms with Gasteiger partial charge < -0.3 is 14.6 Å². The predicted octanol–water partition coefficient (Wildman–Crippen LogP) is 2.11. The summed E-state index contributed by atoms with van der Waals surface area (Å²) in [6.45, 7) is 1.95. The molecule has 0 bridgehead atoms. The fraction of sp³-hybridized carbons (Fsp3) is 0.286. The zero-order chi connectivity index (χ0) is 16.7. The Morgan fingerprint density at radius 2 is 2.13 bits per heavy atom. The van der Waals surface area contributed by atoms with Crippen molar-refractivity contribution in [1.29, 1.82) is 0 Å². The number of carboxylic acids is 1. The summed E-state index contributed by atoms with van der Waals surface area (Å²) in [5.74, 6) is -0.303. The van der Waals surface area contributed by atoms with Crippen molar-refractivity contribution in [2.24, 2.45) is 0 Å². The van der Waals surface area contributed by atoms with Gasteiger partial charge in [-0.1, -0.05) is 11.6 Å². The van der Waals surface area contributed by atoms with Crippen LogP contribution in [0.3, 0.4) is 0 Å². The summed E-state index contributed by atoms with van der Waals surface area (Å²) in [7, 11) is 0. The fourth-order valence-corrected chi connectivity index (χ4v) is 3.14. The molecule has 0 fully saturated rings. The molecule has 0 aliphatic carbocycles. The number of aromatic nitrogens is 3. The van der Waals surface area contributed by atoms with Crippen molar-refractivity contribution in [3.8, 4) is 0 Å². The topological polar surface area (TPSA) is 88.3 Å². The normalized spacial score (nSPS) is 17.0. The van der Waals surface area contributed by atoms with Gasteiger partial charge in [0.05, 0.1) is 18.7 Å². The van der Waals surface area contributed by atoms with Crippen LogP contribution in [0.25, 0.3) is 0 Å². The summed E-state index contributed by atoms with van der Waals surface area (Å²) in [6.07, 6.45) is 0. The van der Waals surface area contributed by atoms with Crippen molar-refractivity contribution in [2.75, 3.05) is 0 Å². The molecule has 0 spiro atoms. The van der Waals surface area contributed by atoms with Crippen molar-refractivity contribution < 1.29 is 14.7 Å². The quantitative estimate of drug-likeness (QED) is 0.835. The van der Waals surface area contributed by atoms with Gasteiger partial charge in [-0.15, -0.1) is 10.2 Å². The third kappa shape index (κ3) is 2.84. The van der Waals surface area contributed by atoms with Gasteiger partial charge in [-0.25, -0.2) is 4.79 Å². The van der Waals surface area contributed by atoms with E-state index in [-0.39, 0.29) is 13.1 Å². The van der Waals surface area contributed by atoms with E-state index >= 15 is 0 Å². The van der Waals surface area contributed by atoms with Crippen LogP contribution < -0.4 is 0 Å². The zero-order valence-corrected chi connectivity index (χ0v) is 14.4. The molecule has 2 aromatic rings. The lowest BCUT2D eigenvalue weighted by Crippen LogP contribution is -2.50. The van der Waals surface area contributed by atoms with Crippen LogP contribution in [-0.2, 0) is 17.9 Å². The highest BCUT2D eigenvalue weighted by Crippen LogP contribution is 2.26. The van der Waals surface area contributed by atoms with E-state index < -0.39 is 17.9 Å². The Morgan fingerprint density at radius 3 is 2.83 bits per heavy atom. The van der Waals surface area contributed by atoms with Gasteiger partial charge in [-0.3, -0.25) is 4.79 Å². The summed E-state index contributed by atoms with van der Waals surface area (Å²) in [5.41, 5.74) is 0.313. The van der Waals surface area contributed by atoms with Crippen LogP contribution in [-0.4, -0.2) is 42.7 Å². The predicted molar refractivity (Wildman–Crippen MR) is 85.2 cm³/mol. The first-order chi connectivity index (χ1) is 10.9. The van der Waals surface area contributed by atoms with Gasteiger partial charge in [0.25, 0.3) is 5.91 Å². The van der Waals surface area contributed by atoms with E-state index in [4.69, 9.17) is 11.6 Å². The second-order valence-corrected chi connectivity index (χ2v) is 6.48. The van der Waals surface area contributed by atoms with Crippen molar-refractivity contribution in [1.82, 2.24) is 19.7 Å². The SMILES string of the molecule is Cc1nnc2n1CC(C(=O)O)N(C(=O)c1cc(Cl)ccc1Br)C2. The Labute approximate surface area is 145 Å². The molecule has 1 N–H and O–H groups in total. The van der Waals surface area contributed by atoms with Crippen LogP contribution >= 0.6 is 27.5 Å². The Kier molecular flexibility index (Phi) is 4.11. The maximum Gasteiger partial charge on any atom is 0.328 e. The van der Waals surface area contributed by atoms with Gasteiger partial charge in [0.15, 0.2) is 5.82 Å². The number of hydrogen-bond donors (Lipinski definition) is 1. The number of hydrogen-bond acceptors (Lipinski definition) is 4. The molecule has 0 saturated heterocycles. The number of aliphatic carboxylic acids is 1. The Morgan fingerprint density at radius 1 is 1.39 bits per heavy atom. The molecule has 1 aromatic heterocycles. The molecule has 1 amide bonds. The highest BCUT2D eigenvalue weighted by Gasteiger charge is 2.37. The molecule has 9 heteroatoms. The molecule has 0 radical (unpaired) electrons. The first kappa shape index (κ1) is 15.9. The number of amides is 1. The summed E-state index contributed by atoms with van der Waals surface area (Å²) >= 11 is 9.25. The number of halogens is 2. The van der Waals surface area contributed by atoms with Crippen LogP contribution in [0.5, 0.6) is 0 Å². The van der Waals surface area contributed by atoms with E-state index in [0.717, 1.165) is 0 Å². The number of carbonyl (C=O) groups excluding carboxylic acids is 1. The number of rotatable bonds is 2. The largest absolute Gasteiger partial charge is 0.480 e. The van der Waals surface area contributed by atoms with Gasteiger partial charge in [0.2, 0.25) is 0 Å². The van der Waals surface area contributed by atoms with Gasteiger partial charge in [0, 0.05) is 9.50 Å². The lowest BCUT2D eigenvalue weighted by atomic mass is 10.1. The van der Waals surface area contributed by atoms with Crippen molar-refractivity contribution in [2.45, 2.75) is 26.1 Å². The Hall–Kier alpha value is -1.93. The van der Waals surface area contributed by atoms with Gasteiger partial charge >= 0.3 is 5.97 Å². The summed E-state index contributed by atoms with van der Waals surface area (Å²) in [5, 5.41) is 17.8. The second-order valence-electron chi connectivity index (χ2n) is 5.19. The number of aryl methyl sites for hydroxylation is 1. The minimum Gasteiger partial charge on any atom is -0.480 e. The first-order valence-corrected chi connectivity index (χ1v) is 7.93. The third-order valence-electron chi connectivity index (χ3n) is 3.76. The van der Waals surface area contributed by atoms with Crippen LogP contribution in [0, 0.1) is 6.92 Å². The first-order valence-electron chi connectivity index (χ1n) is 6.76. The van der Waals surface area contributed by atoms with Crippen LogP contribution in [0.1, 0.15) is 22.0 Å². The molecule has 120 valence electrons. The highest BCUT2D eigenvalue weighted by molar-refractivity contribution is 9.10. The van der Waals surface area contributed by atoms with E-state index in [9.17, 15) is 14.7 Å². The smallest absolute Gasteiger partial charge is 0.328 e. The number of nitrogens with zero attached hydrogens (tertiary/aromatic N) is 4. The lowest BCUT2D eigenvalue weighted by Gasteiger charge is -2.33. The molecule has 2 heterocycles. The minimum absolute atomic E-state index is 0.0790. The fourth-order valence-electron chi connectivity index (χ4n) is 2.55. The molecule has 7 nitrogen and oxygen atoms in total. The van der Waals surface area contributed by atoms with Crippen LogP contribution in [0.15, 0.2) is 22.7 Å². The second kappa shape index (κ2) is 5.93. The number of carbonyl (C=O) groups is 2. The van der Waals surface area contributed by atoms with Gasteiger partial charge in [-0.05, 0) is 41.1 Å². The van der Waals surface area contributed by atoms with E-state index in [0.29, 0.717) is 26.7 Å². The molecule has 1 unspecified atom stereocenters. The van der Waals surface area contributed by atoms with Crippen molar-refractivity contribution in [3.05, 3.63) is 44.9 Å². The molecule has 1 aromatic carbocycles. The Bertz CT molecular complexity index is 807. The summed E-state index contributed by atoms with van der Waals surface area (Å²) in [4.78, 5) is 25.7. The number of benzene rings is 1. The standard InChI is InChI=1S/C14H12BrClN4O3/c1-7-17-18-12-6-20(11(14(22)23)5-19(7)12)13(21)9-4-8(16)2-3-10(9)15/h2-4,11H,5-6H2,1H3,(H,22,23). The third-order valence-corrected chi connectivity index (χ3v) is 4.69. The molecule has 23 heavy (non-hydrogen) atoms. The van der Waals surface area contributed by atoms with Gasteiger partial charge in [0.1, 0.15) is 11.9 Å². The van der Waals surface area contributed by atoms with E-state index in [1.807, 2.05) is 0 Å². The van der Waals surface area contributed by atoms with E-state index in [1.54, 1.807) is 23.6 Å². The highest BCUT2D eigenvalue weighted by atomic mass is 79.9. The molecule has 1 atom stereocenters. The monoisotopic (exact) mass is 398 g/mol. The molecular formula is C14H12BrClN4O3. The van der Waals surface area contributed by atoms with E-state index in [1.165, 1.54) is 11.0 Å². The average Bonchev–Trinajstić information content (AvgIpc) is 2.88. The van der Waals surface area contributed by atoms with Crippen LogP contribution in [0.4, 0.5) is 0 Å². The average molecular weight is 400 g/mol. The molecular weight excluding hydrogens is 388 g/mol. The molecule has 1 aliphatic rings. The lowest BCUT2D eigenvalue weighted by molar-refractivity contribution is -0.143. The van der Waals surface area contributed by atoms with Gasteiger partial charge in [-0.2, -0.15) is 0 Å². The Balaban J connectivity index is 2.01. The van der Waals surface area contributed by atoms with E-state index in [2.05, 4.69) is 26.1 Å². The summed E-state index contributed by atoms with van der Waals surface area (Å²) < 4.78 is 2.27. The molecule has 0 saturated carbocycles. The molecule has 3 rings (SSSR count). The maximum atomic E-state index is 12.8.